The number of aliphatic hydroxyl groups excluding tert-OH is 1. The van der Waals surface area contributed by atoms with Gasteiger partial charge in [-0.25, -0.2) is 4.79 Å². The van der Waals surface area contributed by atoms with Crippen molar-refractivity contribution in [2.45, 2.75) is 52.2 Å². The second kappa shape index (κ2) is 7.01. The van der Waals surface area contributed by atoms with Crippen LogP contribution in [0.15, 0.2) is 17.5 Å². The molecule has 0 bridgehead atoms. The zero-order chi connectivity index (χ0) is 16.3. The van der Waals surface area contributed by atoms with Gasteiger partial charge in [-0.1, -0.05) is 33.3 Å². The minimum atomic E-state index is -0.258. The molecule has 1 aliphatic rings. The molecule has 3 atom stereocenters. The van der Waals surface area contributed by atoms with Crippen molar-refractivity contribution in [1.29, 1.82) is 0 Å². The molecular weight excluding hydrogens is 296 g/mol. The van der Waals surface area contributed by atoms with Crippen molar-refractivity contribution in [3.8, 4) is 0 Å². The number of nitrogens with zero attached hydrogens (tertiary/aromatic N) is 1. The minimum Gasteiger partial charge on any atom is -0.393 e. The van der Waals surface area contributed by atoms with E-state index < -0.39 is 0 Å². The van der Waals surface area contributed by atoms with Gasteiger partial charge in [0, 0.05) is 24.4 Å². The van der Waals surface area contributed by atoms with Gasteiger partial charge in [-0.2, -0.15) is 0 Å². The van der Waals surface area contributed by atoms with E-state index in [1.165, 1.54) is 4.88 Å². The molecule has 0 spiro atoms. The van der Waals surface area contributed by atoms with Crippen molar-refractivity contribution in [1.82, 2.24) is 10.2 Å². The number of nitrogens with one attached hydrogen (secondary N) is 1. The van der Waals surface area contributed by atoms with Gasteiger partial charge in [-0.15, -0.1) is 11.3 Å². The zero-order valence-electron chi connectivity index (χ0n) is 14.0. The van der Waals surface area contributed by atoms with E-state index in [9.17, 15) is 9.90 Å². The molecule has 1 heterocycles. The van der Waals surface area contributed by atoms with Crippen LogP contribution in [0, 0.1) is 11.3 Å². The lowest BCUT2D eigenvalue weighted by molar-refractivity contribution is 0.112. The summed E-state index contributed by atoms with van der Waals surface area (Å²) < 4.78 is 0. The van der Waals surface area contributed by atoms with E-state index in [0.717, 1.165) is 19.3 Å². The minimum absolute atomic E-state index is 0.00375. The standard InChI is InChI=1S/C17H28N2O2S/c1-17(2,3)15(14-9-6-10-22-14)18-16(21)19(4)11-12-7-5-8-13(12)20/h6,9-10,12-13,15,20H,5,7-8,11H2,1-4H3,(H,18,21). The summed E-state index contributed by atoms with van der Waals surface area (Å²) in [5, 5.41) is 15.1. The van der Waals surface area contributed by atoms with E-state index in [2.05, 4.69) is 32.2 Å². The number of urea groups is 1. The first-order valence-corrected chi connectivity index (χ1v) is 8.90. The highest BCUT2D eigenvalue weighted by molar-refractivity contribution is 7.10. The smallest absolute Gasteiger partial charge is 0.317 e. The second-order valence-electron chi connectivity index (χ2n) is 7.40. The van der Waals surface area contributed by atoms with Crippen LogP contribution in [-0.4, -0.2) is 35.7 Å². The maximum absolute atomic E-state index is 12.5. The van der Waals surface area contributed by atoms with E-state index in [4.69, 9.17) is 0 Å². The maximum atomic E-state index is 12.5. The third-order valence-corrected chi connectivity index (χ3v) is 5.37. The molecule has 1 aromatic heterocycles. The number of carbonyl (C=O) groups excluding carboxylic acids is 1. The van der Waals surface area contributed by atoms with Crippen molar-refractivity contribution in [3.05, 3.63) is 22.4 Å². The fourth-order valence-corrected chi connectivity index (χ4v) is 4.09. The van der Waals surface area contributed by atoms with E-state index >= 15 is 0 Å². The van der Waals surface area contributed by atoms with E-state index in [0.29, 0.717) is 6.54 Å². The first-order valence-electron chi connectivity index (χ1n) is 8.02. The summed E-state index contributed by atoms with van der Waals surface area (Å²) in [5.74, 6) is 0.213. The van der Waals surface area contributed by atoms with Gasteiger partial charge in [0.15, 0.2) is 0 Å². The normalized spacial score (nSPS) is 23.3. The SMILES string of the molecule is CN(CC1CCCC1O)C(=O)NC(c1cccs1)C(C)(C)C. The van der Waals surface area contributed by atoms with Crippen LogP contribution in [0.5, 0.6) is 0 Å². The number of thiophene rings is 1. The average molecular weight is 324 g/mol. The van der Waals surface area contributed by atoms with E-state index in [1.807, 2.05) is 18.5 Å². The van der Waals surface area contributed by atoms with Crippen molar-refractivity contribution in [2.75, 3.05) is 13.6 Å². The first-order chi connectivity index (χ1) is 10.3. The maximum Gasteiger partial charge on any atom is 0.317 e. The van der Waals surface area contributed by atoms with Gasteiger partial charge in [0.05, 0.1) is 12.1 Å². The summed E-state index contributed by atoms with van der Waals surface area (Å²) in [7, 11) is 1.81. The Kier molecular flexibility index (Phi) is 5.50. The lowest BCUT2D eigenvalue weighted by atomic mass is 9.86. The Morgan fingerprint density at radius 3 is 2.73 bits per heavy atom. The molecule has 0 saturated heterocycles. The summed E-state index contributed by atoms with van der Waals surface area (Å²) in [5.41, 5.74) is -0.0474. The van der Waals surface area contributed by atoms with Crippen molar-refractivity contribution in [3.63, 3.8) is 0 Å². The van der Waals surface area contributed by atoms with Gasteiger partial charge < -0.3 is 15.3 Å². The molecule has 2 N–H and O–H groups in total. The molecule has 22 heavy (non-hydrogen) atoms. The fourth-order valence-electron chi connectivity index (χ4n) is 3.07. The molecule has 124 valence electrons. The van der Waals surface area contributed by atoms with Gasteiger partial charge in [-0.05, 0) is 29.7 Å². The molecule has 2 amide bonds. The molecular formula is C17H28N2O2S. The number of amides is 2. The van der Waals surface area contributed by atoms with Crippen LogP contribution in [0.3, 0.4) is 0 Å². The van der Waals surface area contributed by atoms with Gasteiger partial charge in [-0.3, -0.25) is 0 Å². The molecule has 1 aliphatic carbocycles. The van der Waals surface area contributed by atoms with Crippen LogP contribution in [0.2, 0.25) is 0 Å². The van der Waals surface area contributed by atoms with E-state index in [-0.39, 0.29) is 29.5 Å². The Morgan fingerprint density at radius 1 is 1.50 bits per heavy atom. The molecule has 4 nitrogen and oxygen atoms in total. The predicted molar refractivity (Wildman–Crippen MR) is 91.0 cm³/mol. The zero-order valence-corrected chi connectivity index (χ0v) is 14.8. The largest absolute Gasteiger partial charge is 0.393 e. The van der Waals surface area contributed by atoms with Crippen LogP contribution in [-0.2, 0) is 0 Å². The summed E-state index contributed by atoms with van der Waals surface area (Å²) in [6, 6.07) is 4.02. The molecule has 1 fully saturated rings. The molecule has 0 radical (unpaired) electrons. The highest BCUT2D eigenvalue weighted by Crippen LogP contribution is 2.35. The van der Waals surface area contributed by atoms with Crippen LogP contribution in [0.4, 0.5) is 4.79 Å². The summed E-state index contributed by atoms with van der Waals surface area (Å²) in [4.78, 5) is 15.4. The number of rotatable bonds is 4. The lowest BCUT2D eigenvalue weighted by Gasteiger charge is -2.33. The monoisotopic (exact) mass is 324 g/mol. The average Bonchev–Trinajstić information content (AvgIpc) is 3.07. The Hall–Kier alpha value is -1.07. The Bertz CT molecular complexity index is 481. The highest BCUT2D eigenvalue weighted by Gasteiger charge is 2.31. The number of hydrogen-bond donors (Lipinski definition) is 2. The quantitative estimate of drug-likeness (QED) is 0.888. The second-order valence-corrected chi connectivity index (χ2v) is 8.38. The molecule has 3 unspecified atom stereocenters. The third-order valence-electron chi connectivity index (χ3n) is 4.44. The molecule has 5 heteroatoms. The Balaban J connectivity index is 1.98. The lowest BCUT2D eigenvalue weighted by Crippen LogP contribution is -2.45. The molecule has 0 aliphatic heterocycles. The number of aliphatic hydroxyl groups is 1. The topological polar surface area (TPSA) is 52.6 Å². The van der Waals surface area contributed by atoms with Crippen LogP contribution < -0.4 is 5.32 Å². The summed E-state index contributed by atoms with van der Waals surface area (Å²) >= 11 is 1.67. The number of carbonyl (C=O) groups is 1. The fraction of sp³-hybridized carbons (Fsp3) is 0.706. The first kappa shape index (κ1) is 17.3. The third kappa shape index (κ3) is 4.23. The van der Waals surface area contributed by atoms with Gasteiger partial charge in [0.2, 0.25) is 0 Å². The summed E-state index contributed by atoms with van der Waals surface area (Å²) in [6.45, 7) is 7.03. The van der Waals surface area contributed by atoms with Crippen LogP contribution in [0.25, 0.3) is 0 Å². The highest BCUT2D eigenvalue weighted by atomic mass is 32.1. The number of hydrogen-bond acceptors (Lipinski definition) is 3. The van der Waals surface area contributed by atoms with Gasteiger partial charge >= 0.3 is 6.03 Å². The Morgan fingerprint density at radius 2 is 2.23 bits per heavy atom. The summed E-state index contributed by atoms with van der Waals surface area (Å²) in [6.07, 6.45) is 2.67. The van der Waals surface area contributed by atoms with Gasteiger partial charge in [0.1, 0.15) is 0 Å². The molecule has 2 rings (SSSR count). The predicted octanol–water partition coefficient (Wildman–Crippen LogP) is 3.64. The van der Waals surface area contributed by atoms with Crippen molar-refractivity contribution >= 4 is 17.4 Å². The van der Waals surface area contributed by atoms with Crippen molar-refractivity contribution in [2.24, 2.45) is 11.3 Å². The van der Waals surface area contributed by atoms with Crippen molar-refractivity contribution < 1.29 is 9.90 Å². The Labute approximate surface area is 137 Å². The molecule has 1 aromatic rings. The van der Waals surface area contributed by atoms with E-state index in [1.54, 1.807) is 16.2 Å². The van der Waals surface area contributed by atoms with Crippen LogP contribution >= 0.6 is 11.3 Å². The van der Waals surface area contributed by atoms with Crippen LogP contribution in [0.1, 0.15) is 51.0 Å². The van der Waals surface area contributed by atoms with Gasteiger partial charge in [0.25, 0.3) is 0 Å². The molecule has 0 aromatic carbocycles. The molecule has 1 saturated carbocycles.